The van der Waals surface area contributed by atoms with Crippen LogP contribution >= 0.6 is 8.53 Å². The van der Waals surface area contributed by atoms with Gasteiger partial charge in [0.25, 0.3) is 8.53 Å². The topological polar surface area (TPSA) is 70.7 Å². The number of hydrogen-bond donors (Lipinski definition) is 2. The highest BCUT2D eigenvalue weighted by molar-refractivity contribution is 7.42. The van der Waals surface area contributed by atoms with Crippen molar-refractivity contribution in [2.45, 2.75) is 52.2 Å². The Hall–Kier alpha value is -2.36. The maximum absolute atomic E-state index is 10.6. The average molecular weight is 520 g/mol. The molecule has 5 nitrogen and oxygen atoms in total. The van der Waals surface area contributed by atoms with Crippen molar-refractivity contribution in [2.24, 2.45) is 5.92 Å². The third kappa shape index (κ3) is 5.79. The molecule has 0 aliphatic rings. The largest absolute Gasteiger partial charge is 0.337 e. The summed E-state index contributed by atoms with van der Waals surface area (Å²) in [5.74, 6) is -0.443. The van der Waals surface area contributed by atoms with Crippen molar-refractivity contribution in [3.63, 3.8) is 0 Å². The quantitative estimate of drug-likeness (QED) is 0.172. The van der Waals surface area contributed by atoms with Crippen LogP contribution < -0.4 is 15.6 Å². The summed E-state index contributed by atoms with van der Waals surface area (Å²) >= 11 is 0. The van der Waals surface area contributed by atoms with Crippen LogP contribution in [0.5, 0.6) is 0 Å². The SMILES string of the molecule is CC(C)N(C(C)C)N(CC(C#N)C(C)[Si](c1ccccc1)(c1ccccc1)c1ccccc1)P(O)O. The minimum atomic E-state index is -2.73. The van der Waals surface area contributed by atoms with Crippen molar-refractivity contribution >= 4 is 32.2 Å². The van der Waals surface area contributed by atoms with Gasteiger partial charge in [0.15, 0.2) is 8.07 Å². The van der Waals surface area contributed by atoms with Crippen molar-refractivity contribution in [2.75, 3.05) is 6.54 Å². The summed E-state index contributed by atoms with van der Waals surface area (Å²) in [6.45, 7) is 10.6. The summed E-state index contributed by atoms with van der Waals surface area (Å²) in [5, 5.41) is 16.3. The molecule has 0 fully saturated rings. The van der Waals surface area contributed by atoms with E-state index in [-0.39, 0.29) is 24.2 Å². The first-order valence-electron chi connectivity index (χ1n) is 12.5. The second-order valence-corrected chi connectivity index (χ2v) is 15.1. The summed E-state index contributed by atoms with van der Waals surface area (Å²) in [6, 6.07) is 34.4. The Bertz CT molecular complexity index is 1000. The van der Waals surface area contributed by atoms with E-state index in [1.807, 2.05) is 50.9 Å². The van der Waals surface area contributed by atoms with Gasteiger partial charge < -0.3 is 9.79 Å². The standard InChI is InChI=1S/C29H38N3O2PSi/c1-23(2)32(24(3)4)31(35(33)34)22-26(21-30)25(5)36(27-15-9-6-10-16-27,28-17-11-7-12-18-28)29-19-13-8-14-20-29/h6-20,23-26,33-34H,22H2,1-5H3. The van der Waals surface area contributed by atoms with E-state index >= 15 is 0 Å². The van der Waals surface area contributed by atoms with Gasteiger partial charge in [-0.25, -0.2) is 5.01 Å². The molecule has 0 saturated heterocycles. The zero-order valence-corrected chi connectivity index (χ0v) is 23.8. The summed E-state index contributed by atoms with van der Waals surface area (Å²) in [6.07, 6.45) is 0. The van der Waals surface area contributed by atoms with Gasteiger partial charge >= 0.3 is 0 Å². The second-order valence-electron chi connectivity index (χ2n) is 9.82. The van der Waals surface area contributed by atoms with E-state index in [4.69, 9.17) is 0 Å². The van der Waals surface area contributed by atoms with Gasteiger partial charge in [0, 0.05) is 18.6 Å². The van der Waals surface area contributed by atoms with Gasteiger partial charge in [-0.15, -0.1) is 0 Å². The molecule has 190 valence electrons. The monoisotopic (exact) mass is 519 g/mol. The van der Waals surface area contributed by atoms with Crippen molar-refractivity contribution in [3.05, 3.63) is 91.0 Å². The van der Waals surface area contributed by atoms with E-state index in [2.05, 4.69) is 85.8 Å². The normalized spacial score (nSPS) is 14.0. The molecule has 0 spiro atoms. The molecule has 3 rings (SSSR count). The van der Waals surface area contributed by atoms with Crippen LogP contribution in [-0.2, 0) is 0 Å². The molecule has 36 heavy (non-hydrogen) atoms. The highest BCUT2D eigenvalue weighted by atomic mass is 31.2. The Labute approximate surface area is 218 Å². The number of nitriles is 1. The molecular formula is C29H38N3O2PSi. The lowest BCUT2D eigenvalue weighted by Crippen LogP contribution is -2.70. The average Bonchev–Trinajstić information content (AvgIpc) is 2.88. The van der Waals surface area contributed by atoms with Crippen LogP contribution in [0.1, 0.15) is 34.6 Å². The van der Waals surface area contributed by atoms with Gasteiger partial charge in [-0.05, 0) is 48.8 Å². The van der Waals surface area contributed by atoms with E-state index in [1.165, 1.54) is 15.6 Å². The van der Waals surface area contributed by atoms with Crippen LogP contribution in [0.4, 0.5) is 0 Å². The molecular weight excluding hydrogens is 481 g/mol. The second kappa shape index (κ2) is 12.7. The van der Waals surface area contributed by atoms with E-state index in [0.29, 0.717) is 0 Å². The van der Waals surface area contributed by atoms with Crippen LogP contribution in [0.15, 0.2) is 91.0 Å². The fraction of sp³-hybridized carbons (Fsp3) is 0.345. The maximum atomic E-state index is 10.6. The Balaban J connectivity index is 2.22. The molecule has 0 bridgehead atoms. The lowest BCUT2D eigenvalue weighted by atomic mass is 10.1. The molecule has 3 aromatic rings. The minimum absolute atomic E-state index is 0.0586. The van der Waals surface area contributed by atoms with Crippen molar-refractivity contribution in [1.29, 1.82) is 5.26 Å². The van der Waals surface area contributed by atoms with Gasteiger partial charge in [0.05, 0.1) is 12.0 Å². The lowest BCUT2D eigenvalue weighted by molar-refractivity contribution is -0.0215. The molecule has 0 aliphatic carbocycles. The molecule has 2 unspecified atom stereocenters. The smallest absolute Gasteiger partial charge is 0.268 e. The van der Waals surface area contributed by atoms with Crippen molar-refractivity contribution < 1.29 is 9.79 Å². The Morgan fingerprint density at radius 2 is 1.08 bits per heavy atom. The highest BCUT2D eigenvalue weighted by Crippen LogP contribution is 2.38. The van der Waals surface area contributed by atoms with Crippen molar-refractivity contribution in [3.8, 4) is 6.07 Å². The summed E-state index contributed by atoms with van der Waals surface area (Å²) in [4.78, 5) is 20.9. The van der Waals surface area contributed by atoms with E-state index in [0.717, 1.165) is 0 Å². The third-order valence-electron chi connectivity index (χ3n) is 7.03. The zero-order chi connectivity index (χ0) is 26.3. The van der Waals surface area contributed by atoms with Crippen LogP contribution in [0, 0.1) is 17.2 Å². The number of benzene rings is 3. The molecule has 0 saturated carbocycles. The molecule has 2 N–H and O–H groups in total. The number of hydrogen-bond acceptors (Lipinski definition) is 5. The fourth-order valence-electron chi connectivity index (χ4n) is 5.57. The summed E-state index contributed by atoms with van der Waals surface area (Å²) < 4.78 is 1.62. The highest BCUT2D eigenvalue weighted by Gasteiger charge is 2.48. The van der Waals surface area contributed by atoms with Crippen LogP contribution in [-0.4, -0.2) is 46.3 Å². The predicted octanol–water partition coefficient (Wildman–Crippen LogP) is 4.23. The Morgan fingerprint density at radius 3 is 1.36 bits per heavy atom. The van der Waals surface area contributed by atoms with Gasteiger partial charge in [-0.2, -0.15) is 10.0 Å². The molecule has 0 aliphatic heterocycles. The number of rotatable bonds is 11. The van der Waals surface area contributed by atoms with E-state index in [9.17, 15) is 15.0 Å². The molecule has 0 aromatic heterocycles. The Morgan fingerprint density at radius 1 is 0.722 bits per heavy atom. The fourth-order valence-corrected chi connectivity index (χ4v) is 12.0. The Kier molecular flexibility index (Phi) is 9.98. The first kappa shape index (κ1) is 28.2. The summed E-state index contributed by atoms with van der Waals surface area (Å²) in [5.41, 5.74) is -0.0617. The molecule has 0 radical (unpaired) electrons. The zero-order valence-electron chi connectivity index (χ0n) is 21.9. The van der Waals surface area contributed by atoms with Crippen LogP contribution in [0.2, 0.25) is 5.54 Å². The maximum Gasteiger partial charge on any atom is 0.268 e. The third-order valence-corrected chi connectivity index (χ3v) is 13.3. The molecule has 3 aromatic carbocycles. The van der Waals surface area contributed by atoms with Crippen molar-refractivity contribution in [1.82, 2.24) is 9.79 Å². The minimum Gasteiger partial charge on any atom is -0.337 e. The summed E-state index contributed by atoms with van der Waals surface area (Å²) in [7, 11) is -5.13. The molecule has 2 atom stereocenters. The van der Waals surface area contributed by atoms with Crippen LogP contribution in [0.3, 0.4) is 0 Å². The first-order chi connectivity index (χ1) is 17.2. The van der Waals surface area contributed by atoms with Gasteiger partial charge in [-0.3, -0.25) is 0 Å². The van der Waals surface area contributed by atoms with E-state index < -0.39 is 22.5 Å². The van der Waals surface area contributed by atoms with Gasteiger partial charge in [0.1, 0.15) is 0 Å². The first-order valence-corrected chi connectivity index (χ1v) is 15.8. The molecule has 0 heterocycles. The molecule has 0 amide bonds. The molecule has 7 heteroatoms. The van der Waals surface area contributed by atoms with E-state index in [1.54, 1.807) is 4.78 Å². The van der Waals surface area contributed by atoms with Crippen LogP contribution in [0.25, 0.3) is 0 Å². The number of hydrazine groups is 1. The van der Waals surface area contributed by atoms with Gasteiger partial charge in [0.2, 0.25) is 0 Å². The predicted molar refractivity (Wildman–Crippen MR) is 153 cm³/mol. The number of nitrogens with zero attached hydrogens (tertiary/aromatic N) is 3. The lowest BCUT2D eigenvalue weighted by Gasteiger charge is -2.45. The van der Waals surface area contributed by atoms with Gasteiger partial charge in [-0.1, -0.05) is 97.9 Å².